The Labute approximate surface area is 170 Å². The third kappa shape index (κ3) is 4.01. The van der Waals surface area contributed by atoms with E-state index in [1.165, 1.54) is 0 Å². The Hall–Kier alpha value is -3.15. The molecule has 2 heterocycles. The number of amides is 1. The van der Waals surface area contributed by atoms with Crippen molar-refractivity contribution in [3.8, 4) is 5.75 Å². The van der Waals surface area contributed by atoms with Gasteiger partial charge in [0, 0.05) is 18.6 Å². The quantitative estimate of drug-likeness (QED) is 0.709. The number of rotatable bonds is 5. The first-order valence-electron chi connectivity index (χ1n) is 10.2. The standard InChI is InChI=1S/C23H26N4O2/c1-3-29-21-13-7-4-9-17(21)23(28)27-14-8-12-18(16(27)2)25-22-15-24-19-10-5-6-11-20(19)26-22/h4-7,9-11,13,15-16,18H,3,8,12,14H2,1-2H3,(H,25,26)/t16-,18?/m0/s1. The van der Waals surface area contributed by atoms with Gasteiger partial charge in [-0.15, -0.1) is 0 Å². The van der Waals surface area contributed by atoms with Crippen molar-refractivity contribution in [2.24, 2.45) is 0 Å². The second-order valence-electron chi connectivity index (χ2n) is 7.31. The molecule has 150 valence electrons. The predicted molar refractivity (Wildman–Crippen MR) is 114 cm³/mol. The normalized spacial score (nSPS) is 19.2. The number of aromatic nitrogens is 2. The molecular formula is C23H26N4O2. The highest BCUT2D eigenvalue weighted by atomic mass is 16.5. The maximum absolute atomic E-state index is 13.3. The molecule has 3 aromatic rings. The lowest BCUT2D eigenvalue weighted by atomic mass is 9.96. The average molecular weight is 390 g/mol. The lowest BCUT2D eigenvalue weighted by Crippen LogP contribution is -2.52. The predicted octanol–water partition coefficient (Wildman–Crippen LogP) is 4.13. The molecule has 29 heavy (non-hydrogen) atoms. The maximum Gasteiger partial charge on any atom is 0.257 e. The zero-order valence-electron chi connectivity index (χ0n) is 16.8. The summed E-state index contributed by atoms with van der Waals surface area (Å²) in [6.07, 6.45) is 3.68. The molecule has 2 atom stereocenters. The molecule has 1 amide bonds. The molecule has 1 aliphatic heterocycles. The van der Waals surface area contributed by atoms with Gasteiger partial charge in [-0.3, -0.25) is 9.78 Å². The summed E-state index contributed by atoms with van der Waals surface area (Å²) in [7, 11) is 0. The highest BCUT2D eigenvalue weighted by Crippen LogP contribution is 2.26. The first-order chi connectivity index (χ1) is 14.2. The SMILES string of the molecule is CCOc1ccccc1C(=O)N1CCCC(Nc2cnc3ccccc3n2)[C@@H]1C. The van der Waals surface area contributed by atoms with Gasteiger partial charge < -0.3 is 15.0 Å². The van der Waals surface area contributed by atoms with Gasteiger partial charge >= 0.3 is 0 Å². The molecule has 4 rings (SSSR count). The Morgan fingerprint density at radius 1 is 1.17 bits per heavy atom. The van der Waals surface area contributed by atoms with Crippen LogP contribution < -0.4 is 10.1 Å². The second-order valence-corrected chi connectivity index (χ2v) is 7.31. The number of benzene rings is 2. The van der Waals surface area contributed by atoms with Crippen LogP contribution in [0.4, 0.5) is 5.82 Å². The molecule has 0 bridgehead atoms. The first-order valence-corrected chi connectivity index (χ1v) is 10.2. The molecule has 1 aliphatic rings. The summed E-state index contributed by atoms with van der Waals surface area (Å²) >= 11 is 0. The number of anilines is 1. The summed E-state index contributed by atoms with van der Waals surface area (Å²) < 4.78 is 5.67. The minimum Gasteiger partial charge on any atom is -0.493 e. The second kappa shape index (κ2) is 8.47. The minimum atomic E-state index is 0.0117. The van der Waals surface area contributed by atoms with Crippen molar-refractivity contribution >= 4 is 22.8 Å². The molecule has 6 nitrogen and oxygen atoms in total. The summed E-state index contributed by atoms with van der Waals surface area (Å²) in [5.74, 6) is 1.39. The van der Waals surface area contributed by atoms with Crippen LogP contribution in [0.5, 0.6) is 5.75 Å². The van der Waals surface area contributed by atoms with Crippen LogP contribution in [0.2, 0.25) is 0 Å². The van der Waals surface area contributed by atoms with Crippen molar-refractivity contribution in [2.75, 3.05) is 18.5 Å². The van der Waals surface area contributed by atoms with Crippen LogP contribution in [0, 0.1) is 0 Å². The molecule has 1 unspecified atom stereocenters. The Morgan fingerprint density at radius 2 is 1.93 bits per heavy atom. The van der Waals surface area contributed by atoms with E-state index in [2.05, 4.69) is 22.2 Å². The van der Waals surface area contributed by atoms with Crippen LogP contribution in [0.15, 0.2) is 54.7 Å². The highest BCUT2D eigenvalue weighted by Gasteiger charge is 2.32. The fourth-order valence-corrected chi connectivity index (χ4v) is 3.92. The molecular weight excluding hydrogens is 364 g/mol. The van der Waals surface area contributed by atoms with Crippen LogP contribution in [-0.2, 0) is 0 Å². The number of hydrogen-bond acceptors (Lipinski definition) is 5. The van der Waals surface area contributed by atoms with Crippen LogP contribution in [0.1, 0.15) is 37.0 Å². The van der Waals surface area contributed by atoms with E-state index in [9.17, 15) is 4.79 Å². The zero-order chi connectivity index (χ0) is 20.2. The lowest BCUT2D eigenvalue weighted by Gasteiger charge is -2.40. The van der Waals surface area contributed by atoms with E-state index in [1.807, 2.05) is 60.4 Å². The van der Waals surface area contributed by atoms with Crippen molar-refractivity contribution in [1.29, 1.82) is 0 Å². The van der Waals surface area contributed by atoms with Crippen molar-refractivity contribution in [1.82, 2.24) is 14.9 Å². The van der Waals surface area contributed by atoms with Crippen LogP contribution in [-0.4, -0.2) is 46.0 Å². The lowest BCUT2D eigenvalue weighted by molar-refractivity contribution is 0.0612. The van der Waals surface area contributed by atoms with Gasteiger partial charge in [-0.2, -0.15) is 0 Å². The smallest absolute Gasteiger partial charge is 0.257 e. The fourth-order valence-electron chi connectivity index (χ4n) is 3.92. The number of nitrogens with zero attached hydrogens (tertiary/aromatic N) is 3. The monoisotopic (exact) mass is 390 g/mol. The summed E-state index contributed by atoms with van der Waals surface area (Å²) in [6.45, 7) is 5.29. The van der Waals surface area contributed by atoms with Gasteiger partial charge in [-0.05, 0) is 51.0 Å². The van der Waals surface area contributed by atoms with Crippen molar-refractivity contribution < 1.29 is 9.53 Å². The van der Waals surface area contributed by atoms with Crippen LogP contribution in [0.25, 0.3) is 11.0 Å². The van der Waals surface area contributed by atoms with Gasteiger partial charge in [0.1, 0.15) is 11.6 Å². The van der Waals surface area contributed by atoms with E-state index in [-0.39, 0.29) is 18.0 Å². The fraction of sp³-hybridized carbons (Fsp3) is 0.348. The molecule has 0 radical (unpaired) electrons. The number of likely N-dealkylation sites (tertiary alicyclic amines) is 1. The van der Waals surface area contributed by atoms with Crippen molar-refractivity contribution in [3.63, 3.8) is 0 Å². The molecule has 2 aromatic carbocycles. The van der Waals surface area contributed by atoms with Gasteiger partial charge in [-0.1, -0.05) is 24.3 Å². The summed E-state index contributed by atoms with van der Waals surface area (Å²) in [5.41, 5.74) is 2.35. The van der Waals surface area contributed by atoms with E-state index in [0.717, 1.165) is 36.2 Å². The number of carbonyl (C=O) groups excluding carboxylic acids is 1. The molecule has 0 saturated carbocycles. The highest BCUT2D eigenvalue weighted by molar-refractivity contribution is 5.97. The van der Waals surface area contributed by atoms with Crippen molar-refractivity contribution in [3.05, 3.63) is 60.3 Å². The summed E-state index contributed by atoms with van der Waals surface area (Å²) in [4.78, 5) is 24.4. The number of para-hydroxylation sites is 3. The number of fused-ring (bicyclic) bond motifs is 1. The van der Waals surface area contributed by atoms with Gasteiger partial charge in [0.05, 0.1) is 29.4 Å². The Kier molecular flexibility index (Phi) is 5.60. The largest absolute Gasteiger partial charge is 0.493 e. The van der Waals surface area contributed by atoms with Crippen molar-refractivity contribution in [2.45, 2.75) is 38.8 Å². The molecule has 1 saturated heterocycles. The number of nitrogens with one attached hydrogen (secondary N) is 1. The molecule has 0 spiro atoms. The molecule has 1 aromatic heterocycles. The third-order valence-corrected chi connectivity index (χ3v) is 5.45. The van der Waals surface area contributed by atoms with Crippen LogP contribution in [0.3, 0.4) is 0 Å². The van der Waals surface area contributed by atoms with E-state index in [4.69, 9.17) is 4.74 Å². The van der Waals surface area contributed by atoms with Gasteiger partial charge in [-0.25, -0.2) is 4.98 Å². The van der Waals surface area contributed by atoms with E-state index < -0.39 is 0 Å². The molecule has 6 heteroatoms. The molecule has 0 aliphatic carbocycles. The number of hydrogen-bond donors (Lipinski definition) is 1. The molecule has 1 fully saturated rings. The van der Waals surface area contributed by atoms with E-state index in [1.54, 1.807) is 6.20 Å². The van der Waals surface area contributed by atoms with Crippen LogP contribution >= 0.6 is 0 Å². The number of carbonyl (C=O) groups is 1. The Morgan fingerprint density at radius 3 is 2.76 bits per heavy atom. The summed E-state index contributed by atoms with van der Waals surface area (Å²) in [5, 5.41) is 3.50. The minimum absolute atomic E-state index is 0.0117. The third-order valence-electron chi connectivity index (χ3n) is 5.45. The zero-order valence-corrected chi connectivity index (χ0v) is 16.8. The first kappa shape index (κ1) is 19.2. The summed E-state index contributed by atoms with van der Waals surface area (Å²) in [6, 6.07) is 15.4. The van der Waals surface area contributed by atoms with E-state index >= 15 is 0 Å². The topological polar surface area (TPSA) is 67.3 Å². The Bertz CT molecular complexity index is 1010. The van der Waals surface area contributed by atoms with Gasteiger partial charge in [0.25, 0.3) is 5.91 Å². The van der Waals surface area contributed by atoms with Gasteiger partial charge in [0.15, 0.2) is 0 Å². The average Bonchev–Trinajstić information content (AvgIpc) is 2.75. The maximum atomic E-state index is 13.3. The number of piperidine rings is 1. The van der Waals surface area contributed by atoms with Gasteiger partial charge in [0.2, 0.25) is 0 Å². The molecule has 1 N–H and O–H groups in total. The number of ether oxygens (including phenoxy) is 1. The Balaban J connectivity index is 1.53. The van der Waals surface area contributed by atoms with E-state index in [0.29, 0.717) is 17.9 Å².